The molecular weight excluding hydrogens is 244 g/mol. The number of nitrogens with one attached hydrogen (secondary N) is 1. The minimum Gasteiger partial charge on any atom is -0.362 e. The number of nitrogens with zero attached hydrogens (tertiary/aromatic N) is 3. The molecule has 0 aromatic carbocycles. The van der Waals surface area contributed by atoms with E-state index in [9.17, 15) is 10.1 Å². The molecule has 1 fully saturated rings. The molecule has 6 nitrogen and oxygen atoms in total. The van der Waals surface area contributed by atoms with Gasteiger partial charge in [0.15, 0.2) is 0 Å². The zero-order valence-corrected chi connectivity index (χ0v) is 11.0. The number of aromatic nitrogens is 1. The van der Waals surface area contributed by atoms with E-state index >= 15 is 0 Å². The van der Waals surface area contributed by atoms with Gasteiger partial charge in [0.1, 0.15) is 11.6 Å². The van der Waals surface area contributed by atoms with Crippen LogP contribution in [0.1, 0.15) is 38.7 Å². The summed E-state index contributed by atoms with van der Waals surface area (Å²) >= 11 is 0. The second kappa shape index (κ2) is 4.84. The number of nitro groups is 1. The van der Waals surface area contributed by atoms with E-state index in [4.69, 9.17) is 5.26 Å². The van der Waals surface area contributed by atoms with Crippen molar-refractivity contribution in [3.63, 3.8) is 0 Å². The van der Waals surface area contributed by atoms with Crippen LogP contribution in [-0.4, -0.2) is 15.9 Å². The molecule has 0 bridgehead atoms. The lowest BCUT2D eigenvalue weighted by atomic mass is 9.92. The van der Waals surface area contributed by atoms with Gasteiger partial charge in [-0.1, -0.05) is 13.8 Å². The molecule has 1 heterocycles. The largest absolute Gasteiger partial charge is 0.362 e. The number of anilines is 1. The molecule has 6 heteroatoms. The average Bonchev–Trinajstić information content (AvgIpc) is 2.68. The average molecular weight is 260 g/mol. The quantitative estimate of drug-likeness (QED) is 0.666. The van der Waals surface area contributed by atoms with Crippen molar-refractivity contribution in [2.24, 2.45) is 5.41 Å². The molecule has 1 aliphatic rings. The number of hydrogen-bond donors (Lipinski definition) is 1. The third-order valence-electron chi connectivity index (χ3n) is 3.54. The maximum absolute atomic E-state index is 11.1. The number of nitriles is 1. The predicted octanol–water partition coefficient (Wildman–Crippen LogP) is 2.85. The van der Waals surface area contributed by atoms with Gasteiger partial charge >= 0.3 is 5.69 Å². The Labute approximate surface area is 111 Å². The molecule has 100 valence electrons. The lowest BCUT2D eigenvalue weighted by Crippen LogP contribution is -2.19. The highest BCUT2D eigenvalue weighted by molar-refractivity contribution is 5.64. The molecular formula is C13H16N4O2. The maximum Gasteiger partial charge on any atom is 0.328 e. The van der Waals surface area contributed by atoms with Crippen molar-refractivity contribution in [2.75, 3.05) is 5.32 Å². The minimum absolute atomic E-state index is 0.0414. The van der Waals surface area contributed by atoms with Crippen LogP contribution in [0.3, 0.4) is 0 Å². The van der Waals surface area contributed by atoms with Crippen LogP contribution in [0, 0.1) is 26.9 Å². The molecule has 19 heavy (non-hydrogen) atoms. The van der Waals surface area contributed by atoms with Crippen molar-refractivity contribution < 1.29 is 4.92 Å². The van der Waals surface area contributed by atoms with Gasteiger partial charge in [-0.2, -0.15) is 5.26 Å². The van der Waals surface area contributed by atoms with E-state index in [1.165, 1.54) is 12.3 Å². The van der Waals surface area contributed by atoms with Crippen LogP contribution in [0.15, 0.2) is 12.3 Å². The summed E-state index contributed by atoms with van der Waals surface area (Å²) in [5, 5.41) is 23.1. The van der Waals surface area contributed by atoms with Gasteiger partial charge in [-0.3, -0.25) is 10.1 Å². The summed E-state index contributed by atoms with van der Waals surface area (Å²) in [6.45, 7) is 4.37. The van der Waals surface area contributed by atoms with Crippen molar-refractivity contribution >= 4 is 11.5 Å². The Morgan fingerprint density at radius 3 is 2.89 bits per heavy atom. The summed E-state index contributed by atoms with van der Waals surface area (Å²) in [5.41, 5.74) is 0.0636. The molecule has 1 aliphatic carbocycles. The summed E-state index contributed by atoms with van der Waals surface area (Å²) in [6.07, 6.45) is 4.41. The lowest BCUT2D eigenvalue weighted by Gasteiger charge is -2.18. The van der Waals surface area contributed by atoms with Crippen molar-refractivity contribution in [3.05, 3.63) is 27.9 Å². The Kier molecular flexibility index (Phi) is 3.38. The molecule has 0 saturated heterocycles. The Morgan fingerprint density at radius 2 is 2.37 bits per heavy atom. The van der Waals surface area contributed by atoms with Crippen molar-refractivity contribution in [3.8, 4) is 6.07 Å². The van der Waals surface area contributed by atoms with Crippen molar-refractivity contribution in [1.82, 2.24) is 4.98 Å². The molecule has 0 aliphatic heterocycles. The highest BCUT2D eigenvalue weighted by Crippen LogP contribution is 2.39. The molecule has 1 saturated carbocycles. The molecule has 1 aromatic heterocycles. The van der Waals surface area contributed by atoms with Crippen molar-refractivity contribution in [2.45, 2.75) is 39.2 Å². The third-order valence-corrected chi connectivity index (χ3v) is 3.54. The van der Waals surface area contributed by atoms with E-state index in [-0.39, 0.29) is 28.5 Å². The van der Waals surface area contributed by atoms with Gasteiger partial charge in [0.25, 0.3) is 0 Å². The fourth-order valence-electron chi connectivity index (χ4n) is 2.59. The van der Waals surface area contributed by atoms with E-state index in [1.54, 1.807) is 0 Å². The molecule has 0 spiro atoms. The standard InChI is InChI=1S/C13H16N4O2/c1-13(2)5-3-10(7-13)16-12-11(17(18)19)9(8-14)4-6-15-12/h4,6,10H,3,5,7H2,1-2H3,(H,15,16). The topological polar surface area (TPSA) is 91.8 Å². The monoisotopic (exact) mass is 260 g/mol. The Morgan fingerprint density at radius 1 is 1.63 bits per heavy atom. The fourth-order valence-corrected chi connectivity index (χ4v) is 2.59. The summed E-state index contributed by atoms with van der Waals surface area (Å²) in [7, 11) is 0. The van der Waals surface area contributed by atoms with Gasteiger partial charge < -0.3 is 5.32 Å². The zero-order valence-electron chi connectivity index (χ0n) is 11.0. The first kappa shape index (κ1) is 13.3. The third kappa shape index (κ3) is 2.81. The van der Waals surface area contributed by atoms with Gasteiger partial charge in [-0.15, -0.1) is 0 Å². The lowest BCUT2D eigenvalue weighted by molar-refractivity contribution is -0.384. The first-order valence-electron chi connectivity index (χ1n) is 6.23. The van der Waals surface area contributed by atoms with E-state index in [0.29, 0.717) is 0 Å². The maximum atomic E-state index is 11.1. The molecule has 1 atom stereocenters. The highest BCUT2D eigenvalue weighted by atomic mass is 16.6. The Bertz CT molecular complexity index is 548. The van der Waals surface area contributed by atoms with Crippen LogP contribution in [0.2, 0.25) is 0 Å². The number of rotatable bonds is 3. The van der Waals surface area contributed by atoms with Crippen LogP contribution in [0.4, 0.5) is 11.5 Å². The molecule has 1 aromatic rings. The summed E-state index contributed by atoms with van der Waals surface area (Å²) in [6, 6.07) is 3.38. The SMILES string of the molecule is CC1(C)CCC(Nc2nccc(C#N)c2[N+](=O)[O-])C1. The highest BCUT2D eigenvalue weighted by Gasteiger charge is 2.32. The van der Waals surface area contributed by atoms with E-state index in [2.05, 4.69) is 24.1 Å². The smallest absolute Gasteiger partial charge is 0.328 e. The second-order valence-corrected chi connectivity index (χ2v) is 5.67. The zero-order chi connectivity index (χ0) is 14.0. The van der Waals surface area contributed by atoms with Crippen LogP contribution < -0.4 is 5.32 Å². The van der Waals surface area contributed by atoms with Gasteiger partial charge in [0.2, 0.25) is 5.82 Å². The van der Waals surface area contributed by atoms with Gasteiger partial charge in [-0.05, 0) is 30.7 Å². The Hall–Kier alpha value is -2.16. The van der Waals surface area contributed by atoms with Gasteiger partial charge in [0.05, 0.1) is 4.92 Å². The van der Waals surface area contributed by atoms with E-state index in [1.807, 2.05) is 6.07 Å². The Balaban J connectivity index is 2.26. The van der Waals surface area contributed by atoms with Crippen LogP contribution in [-0.2, 0) is 0 Å². The predicted molar refractivity (Wildman–Crippen MR) is 70.6 cm³/mol. The number of pyridine rings is 1. The molecule has 1 unspecified atom stereocenters. The fraction of sp³-hybridized carbons (Fsp3) is 0.538. The van der Waals surface area contributed by atoms with Crippen LogP contribution in [0.5, 0.6) is 0 Å². The van der Waals surface area contributed by atoms with E-state index in [0.717, 1.165) is 19.3 Å². The first-order valence-corrected chi connectivity index (χ1v) is 6.23. The summed E-state index contributed by atoms with van der Waals surface area (Å²) < 4.78 is 0. The molecule has 1 N–H and O–H groups in total. The van der Waals surface area contributed by atoms with Crippen LogP contribution >= 0.6 is 0 Å². The molecule has 0 amide bonds. The molecule has 0 radical (unpaired) electrons. The summed E-state index contributed by atoms with van der Waals surface area (Å²) in [5.74, 6) is 0.201. The summed E-state index contributed by atoms with van der Waals surface area (Å²) in [4.78, 5) is 14.5. The minimum atomic E-state index is -0.548. The molecule has 2 rings (SSSR count). The van der Waals surface area contributed by atoms with Crippen molar-refractivity contribution in [1.29, 1.82) is 5.26 Å². The second-order valence-electron chi connectivity index (χ2n) is 5.67. The van der Waals surface area contributed by atoms with Crippen LogP contribution in [0.25, 0.3) is 0 Å². The van der Waals surface area contributed by atoms with Gasteiger partial charge in [0, 0.05) is 12.2 Å². The number of hydrogen-bond acceptors (Lipinski definition) is 5. The normalized spacial score (nSPS) is 20.8. The van der Waals surface area contributed by atoms with E-state index < -0.39 is 4.92 Å². The first-order chi connectivity index (χ1) is 8.93. The van der Waals surface area contributed by atoms with Gasteiger partial charge in [-0.25, -0.2) is 4.98 Å².